The smallest absolute Gasteiger partial charge is 0.418 e. The molecule has 0 bridgehead atoms. The monoisotopic (exact) mass is 737 g/mol. The molecule has 53 heavy (non-hydrogen) atoms. The van der Waals surface area contributed by atoms with Gasteiger partial charge in [0.05, 0.1) is 63.7 Å². The third kappa shape index (κ3) is 9.16. The van der Waals surface area contributed by atoms with Gasteiger partial charge in [-0.2, -0.15) is 13.2 Å². The Balaban J connectivity index is 0.000000181. The van der Waals surface area contributed by atoms with Gasteiger partial charge in [0, 0.05) is 16.1 Å². The van der Waals surface area contributed by atoms with Gasteiger partial charge in [0.15, 0.2) is 5.82 Å². The number of aromatic carboxylic acids is 2. The Morgan fingerprint density at radius 1 is 0.717 bits per heavy atom. The minimum Gasteiger partial charge on any atom is -0.478 e. The molecule has 0 spiro atoms. The molecule has 268 valence electrons. The molecule has 4 aromatic carbocycles. The number of rotatable bonds is 9. The van der Waals surface area contributed by atoms with Gasteiger partial charge in [0.25, 0.3) is 0 Å². The van der Waals surface area contributed by atoms with Crippen LogP contribution in [0.5, 0.6) is 0 Å². The molecule has 6 aromatic rings. The third-order valence-electron chi connectivity index (χ3n) is 8.26. The summed E-state index contributed by atoms with van der Waals surface area (Å²) in [4.78, 5) is 35.6. The molecular formula is C40H31ClF3N5O4. The maximum atomic E-state index is 13.6. The number of pyridine rings is 1. The first-order valence-electron chi connectivity index (χ1n) is 16.3. The highest BCUT2D eigenvalue weighted by atomic mass is 35.5. The average Bonchev–Trinajstić information content (AvgIpc) is 3.99. The highest BCUT2D eigenvalue weighted by molar-refractivity contribution is 6.30. The standard InChI is InChI=1S/C20H16ClN3O2.C20H15F3N2O2/c21-15-3-1-2-14(8-15)19-22-10-16(11-23-19)24-18-7-6-13(12-4-5-12)9-17(18)20(25)26;1-12-7-8-17(15(9-12)19(26)27)25-14-10-16(20(21,22)23)18(24-11-14)13-5-3-2-4-6-13/h1-3,6-12,24H,4-5H2,(H,25,26);2-11,25H,1H3,(H,26,27). The molecule has 0 radical (unpaired) electrons. The summed E-state index contributed by atoms with van der Waals surface area (Å²) in [6.45, 7) is 1.73. The van der Waals surface area contributed by atoms with E-state index in [9.17, 15) is 33.0 Å². The summed E-state index contributed by atoms with van der Waals surface area (Å²) in [6.07, 6.45) is 2.16. The number of hydrogen-bond acceptors (Lipinski definition) is 7. The van der Waals surface area contributed by atoms with Gasteiger partial charge in [-0.25, -0.2) is 19.6 Å². The van der Waals surface area contributed by atoms with Crippen LogP contribution >= 0.6 is 11.6 Å². The predicted octanol–water partition coefficient (Wildman–Crippen LogP) is 10.6. The first kappa shape index (κ1) is 36.5. The van der Waals surface area contributed by atoms with Gasteiger partial charge in [-0.3, -0.25) is 4.98 Å². The molecule has 1 aliphatic carbocycles. The van der Waals surface area contributed by atoms with Crippen LogP contribution in [0.15, 0.2) is 116 Å². The fraction of sp³-hybridized carbons (Fsp3) is 0.125. The van der Waals surface area contributed by atoms with Gasteiger partial charge in [0.1, 0.15) is 0 Å². The van der Waals surface area contributed by atoms with Gasteiger partial charge in [-0.1, -0.05) is 71.8 Å². The Bertz CT molecular complexity index is 2280. The fourth-order valence-corrected chi connectivity index (χ4v) is 5.71. The predicted molar refractivity (Wildman–Crippen MR) is 197 cm³/mol. The average molecular weight is 738 g/mol. The van der Waals surface area contributed by atoms with Gasteiger partial charge in [-0.15, -0.1) is 0 Å². The lowest BCUT2D eigenvalue weighted by Gasteiger charge is -2.16. The van der Waals surface area contributed by atoms with E-state index in [2.05, 4.69) is 25.6 Å². The van der Waals surface area contributed by atoms with Crippen molar-refractivity contribution in [1.29, 1.82) is 0 Å². The van der Waals surface area contributed by atoms with Crippen molar-refractivity contribution in [3.05, 3.63) is 148 Å². The number of aryl methyl sites for hydroxylation is 1. The van der Waals surface area contributed by atoms with Crippen molar-refractivity contribution in [3.63, 3.8) is 0 Å². The lowest BCUT2D eigenvalue weighted by Crippen LogP contribution is -2.10. The number of aromatic nitrogens is 3. The highest BCUT2D eigenvalue weighted by Crippen LogP contribution is 2.41. The molecule has 4 N–H and O–H groups in total. The summed E-state index contributed by atoms with van der Waals surface area (Å²) >= 11 is 6.00. The molecule has 9 nitrogen and oxygen atoms in total. The third-order valence-corrected chi connectivity index (χ3v) is 8.50. The van der Waals surface area contributed by atoms with Crippen molar-refractivity contribution in [2.24, 2.45) is 0 Å². The summed E-state index contributed by atoms with van der Waals surface area (Å²) in [6, 6.07) is 26.5. The zero-order valence-electron chi connectivity index (χ0n) is 28.0. The second-order valence-electron chi connectivity index (χ2n) is 12.3. The number of hydrogen-bond donors (Lipinski definition) is 4. The van der Waals surface area contributed by atoms with Crippen LogP contribution in [0, 0.1) is 6.92 Å². The summed E-state index contributed by atoms with van der Waals surface area (Å²) in [5.74, 6) is -1.07. The largest absolute Gasteiger partial charge is 0.478 e. The summed E-state index contributed by atoms with van der Waals surface area (Å²) in [5, 5.41) is 25.3. The molecule has 0 atom stereocenters. The maximum Gasteiger partial charge on any atom is 0.418 e. The van der Waals surface area contributed by atoms with E-state index in [1.807, 2.05) is 24.3 Å². The Kier molecular flexibility index (Phi) is 10.7. The summed E-state index contributed by atoms with van der Waals surface area (Å²) in [7, 11) is 0. The number of halogens is 4. The van der Waals surface area contributed by atoms with Crippen molar-refractivity contribution in [2.75, 3.05) is 10.6 Å². The van der Waals surface area contributed by atoms with Gasteiger partial charge in [0.2, 0.25) is 0 Å². The molecule has 1 aliphatic rings. The van der Waals surface area contributed by atoms with E-state index >= 15 is 0 Å². The normalized spacial score (nSPS) is 12.3. The van der Waals surface area contributed by atoms with E-state index in [4.69, 9.17) is 11.6 Å². The summed E-state index contributed by atoms with van der Waals surface area (Å²) in [5.41, 5.74) is 3.51. The molecule has 0 unspecified atom stereocenters. The van der Waals surface area contributed by atoms with Crippen LogP contribution in [0.1, 0.15) is 56.2 Å². The number of benzene rings is 4. The summed E-state index contributed by atoms with van der Waals surface area (Å²) < 4.78 is 40.7. The lowest BCUT2D eigenvalue weighted by atomic mass is 10.0. The van der Waals surface area contributed by atoms with Gasteiger partial charge >= 0.3 is 18.1 Å². The number of nitrogens with one attached hydrogen (secondary N) is 2. The van der Waals surface area contributed by atoms with Crippen LogP contribution < -0.4 is 10.6 Å². The van der Waals surface area contributed by atoms with Crippen LogP contribution in [0.2, 0.25) is 5.02 Å². The molecule has 7 rings (SSSR count). The Labute approximate surface area is 307 Å². The molecule has 0 aliphatic heterocycles. The van der Waals surface area contributed by atoms with Crippen LogP contribution in [0.4, 0.5) is 35.9 Å². The highest BCUT2D eigenvalue weighted by Gasteiger charge is 2.35. The lowest BCUT2D eigenvalue weighted by molar-refractivity contribution is -0.137. The van der Waals surface area contributed by atoms with Crippen LogP contribution in [-0.2, 0) is 6.18 Å². The number of nitrogens with zero attached hydrogens (tertiary/aromatic N) is 3. The van der Waals surface area contributed by atoms with E-state index in [-0.39, 0.29) is 28.2 Å². The Hall–Kier alpha value is -6.27. The van der Waals surface area contributed by atoms with Crippen molar-refractivity contribution in [3.8, 4) is 22.6 Å². The topological polar surface area (TPSA) is 137 Å². The molecule has 2 aromatic heterocycles. The minimum absolute atomic E-state index is 0.0318. The second-order valence-corrected chi connectivity index (χ2v) is 12.7. The van der Waals surface area contributed by atoms with E-state index in [0.29, 0.717) is 33.7 Å². The van der Waals surface area contributed by atoms with Crippen molar-refractivity contribution in [1.82, 2.24) is 15.0 Å². The quantitative estimate of drug-likeness (QED) is 0.114. The van der Waals surface area contributed by atoms with Gasteiger partial charge in [-0.05, 0) is 73.7 Å². The number of alkyl halides is 3. The SMILES string of the molecule is Cc1ccc(Nc2cnc(-c3ccccc3)c(C(F)(F)F)c2)c(C(=O)O)c1.O=C(O)c1cc(C2CC2)ccc1Nc1cnc(-c2cccc(Cl)c2)nc1. The Morgan fingerprint density at radius 2 is 1.32 bits per heavy atom. The van der Waals surface area contributed by atoms with Crippen LogP contribution in [0.3, 0.4) is 0 Å². The van der Waals surface area contributed by atoms with Crippen LogP contribution in [0.25, 0.3) is 22.6 Å². The molecule has 0 amide bonds. The minimum atomic E-state index is -4.61. The molecular weight excluding hydrogens is 707 g/mol. The van der Waals surface area contributed by atoms with Crippen molar-refractivity contribution in [2.45, 2.75) is 31.9 Å². The zero-order chi connectivity index (χ0) is 37.7. The molecule has 1 saturated carbocycles. The van der Waals surface area contributed by atoms with E-state index in [1.54, 1.807) is 73.9 Å². The second kappa shape index (κ2) is 15.5. The first-order valence-corrected chi connectivity index (χ1v) is 16.7. The Morgan fingerprint density at radius 3 is 1.94 bits per heavy atom. The van der Waals surface area contributed by atoms with E-state index < -0.39 is 23.7 Å². The van der Waals surface area contributed by atoms with Crippen molar-refractivity contribution < 1.29 is 33.0 Å². The molecule has 0 saturated heterocycles. The molecule has 1 fully saturated rings. The number of anilines is 4. The van der Waals surface area contributed by atoms with E-state index in [0.717, 1.165) is 35.6 Å². The maximum absolute atomic E-state index is 13.6. The van der Waals surface area contributed by atoms with E-state index in [1.165, 1.54) is 18.3 Å². The fourth-order valence-electron chi connectivity index (χ4n) is 5.52. The zero-order valence-corrected chi connectivity index (χ0v) is 28.8. The van der Waals surface area contributed by atoms with Crippen LogP contribution in [-0.4, -0.2) is 37.1 Å². The molecule has 2 heterocycles. The molecule has 13 heteroatoms. The van der Waals surface area contributed by atoms with Gasteiger partial charge < -0.3 is 20.8 Å². The number of carboxylic acids is 2. The van der Waals surface area contributed by atoms with Crippen molar-refractivity contribution >= 4 is 46.3 Å². The number of carboxylic acid groups (broad SMARTS) is 2. The first-order chi connectivity index (χ1) is 25.4. The number of carbonyl (C=O) groups is 2.